The lowest BCUT2D eigenvalue weighted by molar-refractivity contribution is 0.225. The third-order valence-corrected chi connectivity index (χ3v) is 2.15. The molecule has 70 valence electrons. The van der Waals surface area contributed by atoms with E-state index >= 15 is 0 Å². The molecule has 6 heteroatoms. The Bertz CT molecular complexity index is 357. The van der Waals surface area contributed by atoms with Crippen LogP contribution in [-0.2, 0) is 0 Å². The van der Waals surface area contributed by atoms with Gasteiger partial charge < -0.3 is 4.74 Å². The molecule has 13 heavy (non-hydrogen) atoms. The number of benzene rings is 1. The zero-order valence-electron chi connectivity index (χ0n) is 5.98. The van der Waals surface area contributed by atoms with Crippen molar-refractivity contribution in [1.82, 2.24) is 0 Å². The van der Waals surface area contributed by atoms with Crippen LogP contribution in [0.2, 0.25) is 5.02 Å². The van der Waals surface area contributed by atoms with E-state index in [9.17, 15) is 9.18 Å². The molecule has 1 rings (SSSR count). The van der Waals surface area contributed by atoms with Gasteiger partial charge in [-0.25, -0.2) is 9.18 Å². The van der Waals surface area contributed by atoms with Crippen molar-refractivity contribution in [2.24, 2.45) is 0 Å². The van der Waals surface area contributed by atoms with E-state index in [1.807, 2.05) is 0 Å². The largest absolute Gasteiger partial charge is 0.413 e. The molecule has 0 atom stereocenters. The summed E-state index contributed by atoms with van der Waals surface area (Å²) in [7, 11) is 0. The van der Waals surface area contributed by atoms with Crippen molar-refractivity contribution < 1.29 is 13.9 Å². The molecular formula is C7H2BrCl2FO2. The maximum atomic E-state index is 12.9. The summed E-state index contributed by atoms with van der Waals surface area (Å²) in [5.74, 6) is -0.695. The van der Waals surface area contributed by atoms with Crippen molar-refractivity contribution in [2.75, 3.05) is 0 Å². The van der Waals surface area contributed by atoms with E-state index in [1.165, 1.54) is 6.07 Å². The van der Waals surface area contributed by atoms with Crippen LogP contribution in [0.3, 0.4) is 0 Å². The molecule has 0 aromatic heterocycles. The van der Waals surface area contributed by atoms with Crippen LogP contribution >= 0.6 is 39.1 Å². The molecule has 0 saturated carbocycles. The Balaban J connectivity index is 3.08. The Hall–Kier alpha value is -0.320. The molecular weight excluding hydrogens is 286 g/mol. The number of carbonyl (C=O) groups excluding carboxylic acids is 1. The molecule has 0 amide bonds. The molecule has 0 heterocycles. The first-order chi connectivity index (χ1) is 6.00. The van der Waals surface area contributed by atoms with Gasteiger partial charge in [0.25, 0.3) is 0 Å². The van der Waals surface area contributed by atoms with Crippen LogP contribution in [0.4, 0.5) is 9.18 Å². The summed E-state index contributed by atoms with van der Waals surface area (Å²) in [5.41, 5.74) is -1.07. The molecule has 0 N–H and O–H groups in total. The fourth-order valence-electron chi connectivity index (χ4n) is 0.669. The molecule has 0 fully saturated rings. The van der Waals surface area contributed by atoms with E-state index in [1.54, 1.807) is 0 Å². The fraction of sp³-hybridized carbons (Fsp3) is 0. The van der Waals surface area contributed by atoms with Gasteiger partial charge in [0.15, 0.2) is 5.75 Å². The quantitative estimate of drug-likeness (QED) is 0.577. The first-order valence-corrected chi connectivity index (χ1v) is 4.57. The lowest BCUT2D eigenvalue weighted by atomic mass is 10.3. The van der Waals surface area contributed by atoms with Gasteiger partial charge in [-0.15, -0.1) is 0 Å². The highest BCUT2D eigenvalue weighted by molar-refractivity contribution is 9.10. The third kappa shape index (κ3) is 2.83. The average Bonchev–Trinajstić information content (AvgIpc) is 1.99. The summed E-state index contributed by atoms with van der Waals surface area (Å²) < 4.78 is 17.5. The summed E-state index contributed by atoms with van der Waals surface area (Å²) in [6.45, 7) is 0. The lowest BCUT2D eigenvalue weighted by Crippen LogP contribution is -1.97. The summed E-state index contributed by atoms with van der Waals surface area (Å²) in [6.07, 6.45) is 0. The van der Waals surface area contributed by atoms with E-state index in [0.717, 1.165) is 6.07 Å². The zero-order chi connectivity index (χ0) is 10.0. The highest BCUT2D eigenvalue weighted by Gasteiger charge is 2.10. The molecule has 0 unspecified atom stereocenters. The first-order valence-electron chi connectivity index (χ1n) is 3.02. The normalized spacial score (nSPS) is 9.85. The second-order valence-electron chi connectivity index (χ2n) is 2.04. The standard InChI is InChI=1S/C7H2BrCl2FO2/c8-3-1-4(9)6(2-5(3)11)13-7(10)12/h1-2H. The van der Waals surface area contributed by atoms with Gasteiger partial charge in [0.1, 0.15) is 5.82 Å². The monoisotopic (exact) mass is 286 g/mol. The van der Waals surface area contributed by atoms with Gasteiger partial charge in [0.2, 0.25) is 0 Å². The summed E-state index contributed by atoms with van der Waals surface area (Å²) >= 11 is 13.4. The summed E-state index contributed by atoms with van der Waals surface area (Å²) in [6, 6.07) is 2.23. The Labute approximate surface area is 91.7 Å². The minimum atomic E-state index is -1.07. The number of hydrogen-bond donors (Lipinski definition) is 0. The second kappa shape index (κ2) is 4.26. The van der Waals surface area contributed by atoms with Crippen molar-refractivity contribution in [3.05, 3.63) is 27.4 Å². The second-order valence-corrected chi connectivity index (χ2v) is 3.61. The van der Waals surface area contributed by atoms with Crippen molar-refractivity contribution in [2.45, 2.75) is 0 Å². The molecule has 0 aliphatic heterocycles. The van der Waals surface area contributed by atoms with Gasteiger partial charge in [0.05, 0.1) is 9.50 Å². The van der Waals surface area contributed by atoms with Gasteiger partial charge in [-0.2, -0.15) is 0 Å². The highest BCUT2D eigenvalue weighted by atomic mass is 79.9. The third-order valence-electron chi connectivity index (χ3n) is 1.17. The van der Waals surface area contributed by atoms with Crippen LogP contribution in [0.15, 0.2) is 16.6 Å². The van der Waals surface area contributed by atoms with E-state index in [2.05, 4.69) is 20.7 Å². The maximum absolute atomic E-state index is 12.9. The Morgan fingerprint density at radius 2 is 2.15 bits per heavy atom. The summed E-state index contributed by atoms with van der Waals surface area (Å²) in [4.78, 5) is 10.3. The topological polar surface area (TPSA) is 26.3 Å². The van der Waals surface area contributed by atoms with Crippen LogP contribution in [0.25, 0.3) is 0 Å². The van der Waals surface area contributed by atoms with Gasteiger partial charge in [0, 0.05) is 17.7 Å². The molecule has 0 saturated heterocycles. The van der Waals surface area contributed by atoms with Gasteiger partial charge in [-0.3, -0.25) is 0 Å². The number of rotatable bonds is 1. The molecule has 0 aliphatic rings. The van der Waals surface area contributed by atoms with Crippen LogP contribution in [0.1, 0.15) is 0 Å². The Morgan fingerprint density at radius 1 is 1.54 bits per heavy atom. The molecule has 0 spiro atoms. The van der Waals surface area contributed by atoms with Crippen molar-refractivity contribution >= 4 is 44.6 Å². The number of hydrogen-bond acceptors (Lipinski definition) is 2. The first kappa shape index (κ1) is 10.8. The van der Waals surface area contributed by atoms with Crippen LogP contribution in [0.5, 0.6) is 5.75 Å². The van der Waals surface area contributed by atoms with E-state index in [-0.39, 0.29) is 15.2 Å². The molecule has 1 aromatic carbocycles. The van der Waals surface area contributed by atoms with Crippen molar-refractivity contribution in [3.63, 3.8) is 0 Å². The average molecular weight is 288 g/mol. The number of halogens is 4. The number of ether oxygens (including phenoxy) is 1. The predicted octanol–water partition coefficient (Wildman–Crippen LogP) is 3.98. The number of carbonyl (C=O) groups is 1. The van der Waals surface area contributed by atoms with Crippen LogP contribution in [0, 0.1) is 5.82 Å². The minimum Gasteiger partial charge on any atom is -0.413 e. The van der Waals surface area contributed by atoms with Gasteiger partial charge in [-0.1, -0.05) is 11.6 Å². The smallest absolute Gasteiger partial charge is 0.409 e. The molecule has 0 bridgehead atoms. The zero-order valence-corrected chi connectivity index (χ0v) is 9.08. The van der Waals surface area contributed by atoms with Gasteiger partial charge in [-0.05, 0) is 22.0 Å². The molecule has 0 radical (unpaired) electrons. The highest BCUT2D eigenvalue weighted by Crippen LogP contribution is 2.30. The Kier molecular flexibility index (Phi) is 3.53. The SMILES string of the molecule is O=C(Cl)Oc1cc(F)c(Br)cc1Cl. The lowest BCUT2D eigenvalue weighted by Gasteiger charge is -2.03. The molecule has 0 aliphatic carbocycles. The van der Waals surface area contributed by atoms with Gasteiger partial charge >= 0.3 is 5.43 Å². The van der Waals surface area contributed by atoms with E-state index < -0.39 is 11.2 Å². The van der Waals surface area contributed by atoms with Crippen molar-refractivity contribution in [1.29, 1.82) is 0 Å². The maximum Gasteiger partial charge on any atom is 0.409 e. The van der Waals surface area contributed by atoms with Crippen LogP contribution in [-0.4, -0.2) is 5.43 Å². The molecule has 1 aromatic rings. The Morgan fingerprint density at radius 3 is 2.69 bits per heavy atom. The van der Waals surface area contributed by atoms with E-state index in [0.29, 0.717) is 0 Å². The van der Waals surface area contributed by atoms with E-state index in [4.69, 9.17) is 23.2 Å². The fourth-order valence-corrected chi connectivity index (χ4v) is 1.43. The van der Waals surface area contributed by atoms with Crippen LogP contribution < -0.4 is 4.74 Å². The predicted molar refractivity (Wildman–Crippen MR) is 51.0 cm³/mol. The minimum absolute atomic E-state index is 0.0993. The summed E-state index contributed by atoms with van der Waals surface area (Å²) in [5, 5.41) is 0.0993. The molecule has 2 nitrogen and oxygen atoms in total. The van der Waals surface area contributed by atoms with Crippen molar-refractivity contribution in [3.8, 4) is 5.75 Å².